The number of nitrogens with one attached hydrogen (secondary N) is 2. The molecule has 8 heteroatoms. The number of carbonyl (C=O) groups is 3. The van der Waals surface area contributed by atoms with Gasteiger partial charge in [0.15, 0.2) is 0 Å². The Balaban J connectivity index is 1.71. The number of amides is 5. The van der Waals surface area contributed by atoms with Crippen LogP contribution in [0.2, 0.25) is 5.02 Å². The van der Waals surface area contributed by atoms with Crippen LogP contribution < -0.4 is 10.6 Å². The van der Waals surface area contributed by atoms with Gasteiger partial charge in [0.05, 0.1) is 6.54 Å². The summed E-state index contributed by atoms with van der Waals surface area (Å²) in [6.07, 6.45) is 0.411. The van der Waals surface area contributed by atoms with Crippen LogP contribution in [-0.4, -0.2) is 52.4 Å². The van der Waals surface area contributed by atoms with Crippen LogP contribution in [0.1, 0.15) is 25.8 Å². The molecule has 1 spiro atoms. The normalized spacial score (nSPS) is 22.9. The highest BCUT2D eigenvalue weighted by molar-refractivity contribution is 6.30. The second kappa shape index (κ2) is 6.22. The van der Waals surface area contributed by atoms with Crippen LogP contribution in [-0.2, 0) is 4.79 Å². The number of rotatable bonds is 2. The second-order valence-corrected chi connectivity index (χ2v) is 7.28. The first-order valence-electron chi connectivity index (χ1n) is 8.21. The number of hydrogen-bond acceptors (Lipinski definition) is 3. The third-order valence-corrected chi connectivity index (χ3v) is 4.93. The van der Waals surface area contributed by atoms with E-state index in [1.54, 1.807) is 36.9 Å². The van der Waals surface area contributed by atoms with Crippen LogP contribution in [0.25, 0.3) is 0 Å². The predicted molar refractivity (Wildman–Crippen MR) is 94.6 cm³/mol. The summed E-state index contributed by atoms with van der Waals surface area (Å²) in [7, 11) is 0. The lowest BCUT2D eigenvalue weighted by molar-refractivity contribution is -0.131. The van der Waals surface area contributed by atoms with Gasteiger partial charge in [0, 0.05) is 23.3 Å². The molecule has 1 unspecified atom stereocenters. The average molecular weight is 365 g/mol. The van der Waals surface area contributed by atoms with Gasteiger partial charge in [0.2, 0.25) is 0 Å². The lowest BCUT2D eigenvalue weighted by Gasteiger charge is -2.23. The topological polar surface area (TPSA) is 81.8 Å². The van der Waals surface area contributed by atoms with Crippen LogP contribution in [0.4, 0.5) is 15.3 Å². The molecule has 0 saturated carbocycles. The number of anilines is 1. The number of imide groups is 1. The molecule has 2 heterocycles. The standard InChI is InChI=1S/C17H21ClN4O3/c1-10(2)22-14(23)17(20-16(22)25)6-7-21(9-17)15(24)19-13-5-4-12(18)8-11(13)3/h4-5,8,10H,6-7,9H2,1-3H3,(H,19,24)(H,20,25). The van der Waals surface area contributed by atoms with E-state index in [-0.39, 0.29) is 24.5 Å². The number of urea groups is 2. The molecule has 2 aliphatic rings. The van der Waals surface area contributed by atoms with Crippen LogP contribution in [0.5, 0.6) is 0 Å². The first kappa shape index (κ1) is 17.5. The molecular formula is C17H21ClN4O3. The smallest absolute Gasteiger partial charge is 0.322 e. The molecule has 0 aliphatic carbocycles. The van der Waals surface area contributed by atoms with E-state index in [2.05, 4.69) is 10.6 Å². The van der Waals surface area contributed by atoms with Gasteiger partial charge >= 0.3 is 12.1 Å². The average Bonchev–Trinajstić information content (AvgIpc) is 3.04. The van der Waals surface area contributed by atoms with E-state index in [0.717, 1.165) is 5.56 Å². The number of nitrogens with zero attached hydrogens (tertiary/aromatic N) is 2. The molecule has 25 heavy (non-hydrogen) atoms. The van der Waals surface area contributed by atoms with Crippen molar-refractivity contribution >= 4 is 35.3 Å². The quantitative estimate of drug-likeness (QED) is 0.791. The van der Waals surface area contributed by atoms with Gasteiger partial charge in [-0.3, -0.25) is 9.69 Å². The fraction of sp³-hybridized carbons (Fsp3) is 0.471. The Kier molecular flexibility index (Phi) is 4.36. The van der Waals surface area contributed by atoms with E-state index in [0.29, 0.717) is 23.7 Å². The highest BCUT2D eigenvalue weighted by Crippen LogP contribution is 2.30. The highest BCUT2D eigenvalue weighted by atomic mass is 35.5. The van der Waals surface area contributed by atoms with Crippen molar-refractivity contribution in [2.75, 3.05) is 18.4 Å². The fourth-order valence-electron chi connectivity index (χ4n) is 3.33. The van der Waals surface area contributed by atoms with Crippen molar-refractivity contribution < 1.29 is 14.4 Å². The van der Waals surface area contributed by atoms with Crippen molar-refractivity contribution in [3.8, 4) is 0 Å². The minimum Gasteiger partial charge on any atom is -0.322 e. The van der Waals surface area contributed by atoms with Crippen molar-refractivity contribution in [3.05, 3.63) is 28.8 Å². The van der Waals surface area contributed by atoms with Gasteiger partial charge in [-0.05, 0) is 51.0 Å². The molecule has 134 valence electrons. The van der Waals surface area contributed by atoms with Crippen molar-refractivity contribution in [1.82, 2.24) is 15.1 Å². The molecule has 2 N–H and O–H groups in total. The molecule has 1 atom stereocenters. The van der Waals surface area contributed by atoms with Gasteiger partial charge in [-0.15, -0.1) is 0 Å². The largest absolute Gasteiger partial charge is 0.325 e. The zero-order valence-corrected chi connectivity index (χ0v) is 15.2. The maximum atomic E-state index is 12.7. The Hall–Kier alpha value is -2.28. The van der Waals surface area contributed by atoms with Crippen LogP contribution in [0, 0.1) is 6.92 Å². The molecule has 3 rings (SSSR count). The number of halogens is 1. The summed E-state index contributed by atoms with van der Waals surface area (Å²) >= 11 is 5.93. The third-order valence-electron chi connectivity index (χ3n) is 4.70. The number of aryl methyl sites for hydroxylation is 1. The minimum absolute atomic E-state index is 0.166. The van der Waals surface area contributed by atoms with Crippen molar-refractivity contribution in [2.45, 2.75) is 38.8 Å². The van der Waals surface area contributed by atoms with Gasteiger partial charge in [0.1, 0.15) is 5.54 Å². The van der Waals surface area contributed by atoms with Gasteiger partial charge in [0.25, 0.3) is 5.91 Å². The first-order valence-corrected chi connectivity index (χ1v) is 8.59. The molecule has 0 bridgehead atoms. The maximum Gasteiger partial charge on any atom is 0.325 e. The van der Waals surface area contributed by atoms with E-state index in [1.807, 2.05) is 6.92 Å². The fourth-order valence-corrected chi connectivity index (χ4v) is 3.56. The minimum atomic E-state index is -1.01. The van der Waals surface area contributed by atoms with E-state index in [4.69, 9.17) is 11.6 Å². The van der Waals surface area contributed by atoms with Gasteiger partial charge in [-0.25, -0.2) is 9.59 Å². The van der Waals surface area contributed by atoms with E-state index < -0.39 is 11.6 Å². The number of carbonyl (C=O) groups excluding carboxylic acids is 3. The molecule has 2 aliphatic heterocycles. The molecule has 5 amide bonds. The Morgan fingerprint density at radius 1 is 1.36 bits per heavy atom. The lowest BCUT2D eigenvalue weighted by atomic mass is 9.99. The number of benzene rings is 1. The Morgan fingerprint density at radius 3 is 2.68 bits per heavy atom. The summed E-state index contributed by atoms with van der Waals surface area (Å²) in [4.78, 5) is 40.1. The van der Waals surface area contributed by atoms with Crippen molar-refractivity contribution in [2.24, 2.45) is 0 Å². The maximum absolute atomic E-state index is 12.7. The Bertz CT molecular complexity index is 751. The molecular weight excluding hydrogens is 344 g/mol. The molecule has 0 aromatic heterocycles. The predicted octanol–water partition coefficient (Wildman–Crippen LogP) is 2.59. The van der Waals surface area contributed by atoms with Gasteiger partial charge in [-0.2, -0.15) is 0 Å². The van der Waals surface area contributed by atoms with Crippen molar-refractivity contribution in [3.63, 3.8) is 0 Å². The highest BCUT2D eigenvalue weighted by Gasteiger charge is 2.56. The van der Waals surface area contributed by atoms with Crippen LogP contribution in [0.3, 0.4) is 0 Å². The summed E-state index contributed by atoms with van der Waals surface area (Å²) in [6, 6.07) is 4.31. The molecule has 1 aromatic rings. The summed E-state index contributed by atoms with van der Waals surface area (Å²) in [5.41, 5.74) is 0.514. The van der Waals surface area contributed by atoms with Gasteiger partial charge < -0.3 is 15.5 Å². The zero-order valence-electron chi connectivity index (χ0n) is 14.4. The Labute approximate surface area is 151 Å². The summed E-state index contributed by atoms with van der Waals surface area (Å²) in [5.74, 6) is -0.259. The third kappa shape index (κ3) is 3.04. The first-order chi connectivity index (χ1) is 11.7. The van der Waals surface area contributed by atoms with E-state index in [1.165, 1.54) is 4.90 Å². The zero-order chi connectivity index (χ0) is 18.4. The van der Waals surface area contributed by atoms with Crippen LogP contribution in [0.15, 0.2) is 18.2 Å². The number of likely N-dealkylation sites (tertiary alicyclic amines) is 1. The number of hydrogen-bond donors (Lipinski definition) is 2. The summed E-state index contributed by atoms with van der Waals surface area (Å²) in [6.45, 7) is 6.00. The van der Waals surface area contributed by atoms with E-state index in [9.17, 15) is 14.4 Å². The summed E-state index contributed by atoms with van der Waals surface area (Å²) in [5, 5.41) is 6.21. The monoisotopic (exact) mass is 364 g/mol. The molecule has 0 radical (unpaired) electrons. The molecule has 2 saturated heterocycles. The van der Waals surface area contributed by atoms with Gasteiger partial charge in [-0.1, -0.05) is 11.6 Å². The van der Waals surface area contributed by atoms with Crippen molar-refractivity contribution in [1.29, 1.82) is 0 Å². The Morgan fingerprint density at radius 2 is 2.08 bits per heavy atom. The summed E-state index contributed by atoms with van der Waals surface area (Å²) < 4.78 is 0. The lowest BCUT2D eigenvalue weighted by Crippen LogP contribution is -2.50. The SMILES string of the molecule is Cc1cc(Cl)ccc1NC(=O)N1CCC2(C1)NC(=O)N(C(C)C)C2=O. The van der Waals surface area contributed by atoms with Crippen LogP contribution >= 0.6 is 11.6 Å². The molecule has 7 nitrogen and oxygen atoms in total. The molecule has 2 fully saturated rings. The van der Waals surface area contributed by atoms with E-state index >= 15 is 0 Å². The second-order valence-electron chi connectivity index (χ2n) is 6.84. The molecule has 1 aromatic carbocycles.